The van der Waals surface area contributed by atoms with Crippen molar-refractivity contribution in [3.63, 3.8) is 0 Å². The Kier molecular flexibility index (Phi) is 3.93. The molecule has 0 spiro atoms. The maximum absolute atomic E-state index is 12.2. The minimum Gasteiger partial charge on any atom is -0.440 e. The van der Waals surface area contributed by atoms with E-state index < -0.39 is 0 Å². The van der Waals surface area contributed by atoms with Crippen LogP contribution in [-0.2, 0) is 0 Å². The van der Waals surface area contributed by atoms with E-state index in [-0.39, 0.29) is 6.03 Å². The highest BCUT2D eigenvalue weighted by Gasteiger charge is 2.28. The Hall–Kier alpha value is -2.04. The van der Waals surface area contributed by atoms with Crippen LogP contribution in [0.25, 0.3) is 11.1 Å². The van der Waals surface area contributed by atoms with Crippen molar-refractivity contribution in [1.82, 2.24) is 10.3 Å². The smallest absolute Gasteiger partial charge is 0.319 e. The molecule has 0 radical (unpaired) electrons. The summed E-state index contributed by atoms with van der Waals surface area (Å²) in [5.74, 6) is 1.33. The van der Waals surface area contributed by atoms with E-state index in [0.29, 0.717) is 12.0 Å². The Morgan fingerprint density at radius 1 is 1.09 bits per heavy atom. The largest absolute Gasteiger partial charge is 0.440 e. The van der Waals surface area contributed by atoms with Crippen LogP contribution in [0.15, 0.2) is 22.6 Å². The molecule has 2 saturated carbocycles. The number of anilines is 1. The number of rotatable bonds is 3. The first kappa shape index (κ1) is 14.5. The van der Waals surface area contributed by atoms with Crippen LogP contribution in [0.3, 0.4) is 0 Å². The number of aromatic nitrogens is 1. The van der Waals surface area contributed by atoms with Gasteiger partial charge in [0.25, 0.3) is 0 Å². The van der Waals surface area contributed by atoms with E-state index in [2.05, 4.69) is 15.6 Å². The number of benzene rings is 1. The number of amides is 2. The summed E-state index contributed by atoms with van der Waals surface area (Å²) < 4.78 is 5.75. The molecule has 1 aromatic heterocycles. The molecule has 2 fully saturated rings. The fourth-order valence-corrected chi connectivity index (χ4v) is 3.30. The maximum Gasteiger partial charge on any atom is 0.319 e. The molecule has 0 bridgehead atoms. The lowest BCUT2D eigenvalue weighted by molar-refractivity contribution is 0.247. The van der Waals surface area contributed by atoms with Crippen molar-refractivity contribution in [2.75, 3.05) is 5.32 Å². The van der Waals surface area contributed by atoms with Crippen molar-refractivity contribution >= 4 is 22.8 Å². The maximum atomic E-state index is 12.2. The lowest BCUT2D eigenvalue weighted by Gasteiger charge is -2.16. The van der Waals surface area contributed by atoms with Crippen LogP contribution in [0.5, 0.6) is 0 Å². The van der Waals surface area contributed by atoms with Crippen LogP contribution < -0.4 is 10.6 Å². The van der Waals surface area contributed by atoms with E-state index in [4.69, 9.17) is 4.42 Å². The van der Waals surface area contributed by atoms with Gasteiger partial charge in [-0.2, -0.15) is 0 Å². The highest BCUT2D eigenvalue weighted by Crippen LogP contribution is 2.40. The molecule has 0 unspecified atom stereocenters. The molecule has 1 heterocycles. The molecule has 2 aliphatic carbocycles. The first-order valence-corrected chi connectivity index (χ1v) is 8.76. The number of hydrogen-bond donors (Lipinski definition) is 2. The summed E-state index contributed by atoms with van der Waals surface area (Å²) >= 11 is 0. The highest BCUT2D eigenvalue weighted by atomic mass is 16.3. The third kappa shape index (κ3) is 3.49. The Labute approximate surface area is 135 Å². The Balaban J connectivity index is 1.40. The van der Waals surface area contributed by atoms with E-state index in [1.807, 2.05) is 18.2 Å². The zero-order valence-electron chi connectivity index (χ0n) is 13.3. The van der Waals surface area contributed by atoms with Crippen molar-refractivity contribution in [3.8, 4) is 0 Å². The van der Waals surface area contributed by atoms with Gasteiger partial charge in [0, 0.05) is 17.6 Å². The molecule has 0 atom stereocenters. The van der Waals surface area contributed by atoms with Crippen molar-refractivity contribution in [2.45, 2.75) is 63.3 Å². The third-order valence-electron chi connectivity index (χ3n) is 4.78. The second-order valence-corrected chi connectivity index (χ2v) is 6.80. The van der Waals surface area contributed by atoms with Gasteiger partial charge in [0.05, 0.1) is 0 Å². The minimum absolute atomic E-state index is 0.123. The quantitative estimate of drug-likeness (QED) is 0.817. The normalized spacial score (nSPS) is 19.5. The summed E-state index contributed by atoms with van der Waals surface area (Å²) in [4.78, 5) is 16.7. The minimum atomic E-state index is -0.123. The van der Waals surface area contributed by atoms with Crippen LogP contribution in [0.4, 0.5) is 10.5 Å². The van der Waals surface area contributed by atoms with Gasteiger partial charge in [-0.1, -0.05) is 25.7 Å². The van der Waals surface area contributed by atoms with Gasteiger partial charge in [0.15, 0.2) is 11.5 Å². The highest BCUT2D eigenvalue weighted by molar-refractivity contribution is 5.91. The number of nitrogens with zero attached hydrogens (tertiary/aromatic N) is 1. The van der Waals surface area contributed by atoms with Gasteiger partial charge in [-0.25, -0.2) is 9.78 Å². The Bertz CT molecular complexity index is 697. The van der Waals surface area contributed by atoms with E-state index in [9.17, 15) is 4.79 Å². The van der Waals surface area contributed by atoms with E-state index in [0.717, 1.165) is 35.5 Å². The predicted octanol–water partition coefficient (Wildman–Crippen LogP) is 4.55. The molecule has 2 aliphatic rings. The molecule has 0 aliphatic heterocycles. The summed E-state index contributed by atoms with van der Waals surface area (Å²) in [5.41, 5.74) is 2.38. The molecule has 122 valence electrons. The summed E-state index contributed by atoms with van der Waals surface area (Å²) in [7, 11) is 0. The SMILES string of the molecule is O=C(Nc1ccc2oc(C3CC3)nc2c1)NC1CCCCCC1. The standard InChI is InChI=1S/C18H23N3O2/c22-18(19-13-5-3-1-2-4-6-13)20-14-9-10-16-15(11-14)21-17(23-16)12-7-8-12/h9-13H,1-8H2,(H2,19,20,22). The second-order valence-electron chi connectivity index (χ2n) is 6.80. The van der Waals surface area contributed by atoms with Gasteiger partial charge in [-0.05, 0) is 43.9 Å². The molecule has 5 heteroatoms. The topological polar surface area (TPSA) is 67.2 Å². The Morgan fingerprint density at radius 3 is 2.61 bits per heavy atom. The third-order valence-corrected chi connectivity index (χ3v) is 4.78. The molecular formula is C18H23N3O2. The molecule has 2 amide bonds. The molecule has 2 aromatic rings. The zero-order chi connectivity index (χ0) is 15.6. The number of carbonyl (C=O) groups is 1. The van der Waals surface area contributed by atoms with Gasteiger partial charge in [0.1, 0.15) is 5.52 Å². The van der Waals surface area contributed by atoms with Crippen LogP contribution in [0.1, 0.15) is 63.2 Å². The van der Waals surface area contributed by atoms with Crippen molar-refractivity contribution in [3.05, 3.63) is 24.1 Å². The number of carbonyl (C=O) groups excluding carboxylic acids is 1. The zero-order valence-corrected chi connectivity index (χ0v) is 13.3. The average molecular weight is 313 g/mol. The number of fused-ring (bicyclic) bond motifs is 1. The predicted molar refractivity (Wildman–Crippen MR) is 89.6 cm³/mol. The monoisotopic (exact) mass is 313 g/mol. The first-order valence-electron chi connectivity index (χ1n) is 8.76. The van der Waals surface area contributed by atoms with Crippen molar-refractivity contribution in [2.24, 2.45) is 0 Å². The van der Waals surface area contributed by atoms with Gasteiger partial charge < -0.3 is 15.1 Å². The van der Waals surface area contributed by atoms with Crippen molar-refractivity contribution < 1.29 is 9.21 Å². The summed E-state index contributed by atoms with van der Waals surface area (Å²) in [6, 6.07) is 5.82. The fraction of sp³-hybridized carbons (Fsp3) is 0.556. The molecule has 23 heavy (non-hydrogen) atoms. The van der Waals surface area contributed by atoms with Gasteiger partial charge >= 0.3 is 6.03 Å². The second kappa shape index (κ2) is 6.22. The lowest BCUT2D eigenvalue weighted by atomic mass is 10.1. The van der Waals surface area contributed by atoms with Crippen LogP contribution in [0, 0.1) is 0 Å². The van der Waals surface area contributed by atoms with E-state index in [1.54, 1.807) is 0 Å². The molecule has 0 saturated heterocycles. The molecule has 1 aromatic carbocycles. The summed E-state index contributed by atoms with van der Waals surface area (Å²) in [5, 5.41) is 6.02. The van der Waals surface area contributed by atoms with E-state index >= 15 is 0 Å². The van der Waals surface area contributed by atoms with Crippen LogP contribution in [0.2, 0.25) is 0 Å². The summed E-state index contributed by atoms with van der Waals surface area (Å²) in [6.45, 7) is 0. The Morgan fingerprint density at radius 2 is 1.87 bits per heavy atom. The number of urea groups is 1. The van der Waals surface area contributed by atoms with Crippen LogP contribution in [-0.4, -0.2) is 17.1 Å². The molecule has 2 N–H and O–H groups in total. The first-order chi connectivity index (χ1) is 11.3. The lowest BCUT2D eigenvalue weighted by Crippen LogP contribution is -2.37. The molecule has 4 rings (SSSR count). The van der Waals surface area contributed by atoms with Crippen molar-refractivity contribution in [1.29, 1.82) is 0 Å². The molecular weight excluding hydrogens is 290 g/mol. The fourth-order valence-electron chi connectivity index (χ4n) is 3.30. The molecule has 5 nitrogen and oxygen atoms in total. The number of oxazole rings is 1. The van der Waals surface area contributed by atoms with Gasteiger partial charge in [-0.3, -0.25) is 0 Å². The van der Waals surface area contributed by atoms with Gasteiger partial charge in [0.2, 0.25) is 0 Å². The number of nitrogens with one attached hydrogen (secondary N) is 2. The van der Waals surface area contributed by atoms with Gasteiger partial charge in [-0.15, -0.1) is 0 Å². The summed E-state index contributed by atoms with van der Waals surface area (Å²) in [6.07, 6.45) is 9.49. The number of hydrogen-bond acceptors (Lipinski definition) is 3. The average Bonchev–Trinajstić information content (AvgIpc) is 3.33. The van der Waals surface area contributed by atoms with E-state index in [1.165, 1.54) is 38.5 Å². The van der Waals surface area contributed by atoms with Crippen LogP contribution >= 0.6 is 0 Å².